The highest BCUT2D eigenvalue weighted by Crippen LogP contribution is 2.38. The van der Waals surface area contributed by atoms with Crippen LogP contribution in [0.5, 0.6) is 17.2 Å². The van der Waals surface area contributed by atoms with Crippen LogP contribution in [0.3, 0.4) is 0 Å². The molecule has 2 aromatic rings. The molecule has 3 rings (SSSR count). The first-order valence-corrected chi connectivity index (χ1v) is 6.52. The third-order valence-electron chi connectivity index (χ3n) is 2.87. The van der Waals surface area contributed by atoms with Gasteiger partial charge in [-0.2, -0.15) is 0 Å². The second kappa shape index (κ2) is 5.10. The predicted molar refractivity (Wildman–Crippen MR) is 77.2 cm³/mol. The van der Waals surface area contributed by atoms with Crippen LogP contribution >= 0.6 is 11.6 Å². The van der Waals surface area contributed by atoms with Crippen molar-refractivity contribution in [3.63, 3.8) is 0 Å². The lowest BCUT2D eigenvalue weighted by molar-refractivity contribution is -0.131. The molecule has 1 N–H and O–H groups in total. The van der Waals surface area contributed by atoms with Crippen molar-refractivity contribution in [1.82, 2.24) is 0 Å². The SMILES string of the molecule is CC(=O)Oc1ccc2c(c1)Oc1ccc(Cl)cc1C(=O)N2. The minimum Gasteiger partial charge on any atom is -0.454 e. The monoisotopic (exact) mass is 303 g/mol. The number of nitrogens with one attached hydrogen (secondary N) is 1. The molecular weight excluding hydrogens is 294 g/mol. The Kier molecular flexibility index (Phi) is 3.27. The van der Waals surface area contributed by atoms with E-state index in [1.807, 2.05) is 0 Å². The molecule has 21 heavy (non-hydrogen) atoms. The minimum absolute atomic E-state index is 0.313. The molecule has 1 aliphatic rings. The summed E-state index contributed by atoms with van der Waals surface area (Å²) in [7, 11) is 0. The van der Waals surface area contributed by atoms with Gasteiger partial charge in [0.1, 0.15) is 11.5 Å². The third-order valence-corrected chi connectivity index (χ3v) is 3.10. The zero-order valence-electron chi connectivity index (χ0n) is 11.0. The number of carbonyl (C=O) groups is 2. The first-order chi connectivity index (χ1) is 10.0. The normalized spacial score (nSPS) is 12.4. The van der Waals surface area contributed by atoms with E-state index in [9.17, 15) is 9.59 Å². The summed E-state index contributed by atoms with van der Waals surface area (Å²) in [5.41, 5.74) is 0.830. The van der Waals surface area contributed by atoms with Crippen molar-refractivity contribution in [2.24, 2.45) is 0 Å². The Hall–Kier alpha value is -2.53. The molecule has 2 aromatic carbocycles. The summed E-state index contributed by atoms with van der Waals surface area (Å²) in [5.74, 6) is 0.373. The number of hydrogen-bond acceptors (Lipinski definition) is 4. The van der Waals surface area contributed by atoms with E-state index in [0.717, 1.165) is 0 Å². The van der Waals surface area contributed by atoms with Crippen molar-refractivity contribution in [3.05, 3.63) is 47.0 Å². The Morgan fingerprint density at radius 1 is 1.19 bits per heavy atom. The summed E-state index contributed by atoms with van der Waals surface area (Å²) in [6, 6.07) is 9.51. The number of rotatable bonds is 1. The van der Waals surface area contributed by atoms with Gasteiger partial charge < -0.3 is 14.8 Å². The van der Waals surface area contributed by atoms with Crippen molar-refractivity contribution < 1.29 is 19.1 Å². The molecule has 0 atom stereocenters. The predicted octanol–water partition coefficient (Wildman–Crippen LogP) is 3.62. The highest BCUT2D eigenvalue weighted by molar-refractivity contribution is 6.31. The van der Waals surface area contributed by atoms with Crippen LogP contribution in [0, 0.1) is 0 Å². The third kappa shape index (κ3) is 2.68. The summed E-state index contributed by atoms with van der Waals surface area (Å²) in [5, 5.41) is 3.17. The van der Waals surface area contributed by atoms with Gasteiger partial charge in [0, 0.05) is 18.0 Å². The van der Waals surface area contributed by atoms with Crippen molar-refractivity contribution in [2.45, 2.75) is 6.92 Å². The standard InChI is InChI=1S/C15H10ClNO4/c1-8(18)20-10-3-4-12-14(7-10)21-13-5-2-9(16)6-11(13)15(19)17-12/h2-7H,1H3,(H,17,19). The van der Waals surface area contributed by atoms with Crippen molar-refractivity contribution in [1.29, 1.82) is 0 Å². The molecule has 106 valence electrons. The fraction of sp³-hybridized carbons (Fsp3) is 0.0667. The van der Waals surface area contributed by atoms with Crippen LogP contribution < -0.4 is 14.8 Å². The van der Waals surface area contributed by atoms with E-state index in [0.29, 0.717) is 33.5 Å². The molecule has 5 nitrogen and oxygen atoms in total. The molecule has 0 unspecified atom stereocenters. The average molecular weight is 304 g/mol. The Bertz CT molecular complexity index is 757. The van der Waals surface area contributed by atoms with Crippen molar-refractivity contribution in [2.75, 3.05) is 5.32 Å². The highest BCUT2D eigenvalue weighted by atomic mass is 35.5. The van der Waals surface area contributed by atoms with E-state index < -0.39 is 5.97 Å². The van der Waals surface area contributed by atoms with E-state index in [1.165, 1.54) is 13.0 Å². The van der Waals surface area contributed by atoms with Crippen LogP contribution in [0.1, 0.15) is 17.3 Å². The van der Waals surface area contributed by atoms with Gasteiger partial charge in [0.25, 0.3) is 5.91 Å². The number of fused-ring (bicyclic) bond motifs is 2. The van der Waals surface area contributed by atoms with E-state index in [4.69, 9.17) is 21.1 Å². The van der Waals surface area contributed by atoms with Gasteiger partial charge in [-0.15, -0.1) is 0 Å². The molecule has 0 bridgehead atoms. The van der Waals surface area contributed by atoms with Crippen LogP contribution in [0.25, 0.3) is 0 Å². The Balaban J connectivity index is 2.05. The second-order valence-corrected chi connectivity index (χ2v) is 4.88. The topological polar surface area (TPSA) is 64.6 Å². The first kappa shape index (κ1) is 13.5. The smallest absolute Gasteiger partial charge is 0.308 e. The van der Waals surface area contributed by atoms with E-state index in [-0.39, 0.29) is 5.91 Å². The minimum atomic E-state index is -0.431. The van der Waals surface area contributed by atoms with Gasteiger partial charge in [-0.25, -0.2) is 0 Å². The molecule has 1 aliphatic heterocycles. The molecule has 0 spiro atoms. The summed E-state index contributed by atoms with van der Waals surface area (Å²) >= 11 is 5.90. The van der Waals surface area contributed by atoms with Crippen LogP contribution in [0.4, 0.5) is 5.69 Å². The van der Waals surface area contributed by atoms with Gasteiger partial charge in [0.2, 0.25) is 0 Å². The van der Waals surface area contributed by atoms with Gasteiger partial charge >= 0.3 is 5.97 Å². The maximum atomic E-state index is 12.1. The largest absolute Gasteiger partial charge is 0.454 e. The Morgan fingerprint density at radius 2 is 2.00 bits per heavy atom. The molecule has 6 heteroatoms. The van der Waals surface area contributed by atoms with Crippen LogP contribution in [0.15, 0.2) is 36.4 Å². The van der Waals surface area contributed by atoms with Gasteiger partial charge in [0.15, 0.2) is 5.75 Å². The van der Waals surface area contributed by atoms with Crippen LogP contribution in [-0.2, 0) is 4.79 Å². The lowest BCUT2D eigenvalue weighted by Gasteiger charge is -2.09. The zero-order chi connectivity index (χ0) is 15.0. The lowest BCUT2D eigenvalue weighted by atomic mass is 10.2. The average Bonchev–Trinajstić information content (AvgIpc) is 2.55. The molecule has 1 amide bonds. The number of amides is 1. The maximum Gasteiger partial charge on any atom is 0.308 e. The molecule has 0 aliphatic carbocycles. The number of hydrogen-bond donors (Lipinski definition) is 1. The molecule has 0 fully saturated rings. The molecule has 0 saturated heterocycles. The van der Waals surface area contributed by atoms with Crippen molar-refractivity contribution in [3.8, 4) is 17.2 Å². The Labute approximate surface area is 125 Å². The van der Waals surface area contributed by atoms with E-state index in [2.05, 4.69) is 5.32 Å². The highest BCUT2D eigenvalue weighted by Gasteiger charge is 2.21. The number of ether oxygens (including phenoxy) is 2. The number of anilines is 1. The van der Waals surface area contributed by atoms with Gasteiger partial charge in [-0.3, -0.25) is 9.59 Å². The Morgan fingerprint density at radius 3 is 2.76 bits per heavy atom. The van der Waals surface area contributed by atoms with Gasteiger partial charge in [-0.1, -0.05) is 11.6 Å². The maximum absolute atomic E-state index is 12.1. The number of halogens is 1. The summed E-state index contributed by atoms with van der Waals surface area (Å²) in [6.45, 7) is 1.31. The lowest BCUT2D eigenvalue weighted by Crippen LogP contribution is -2.10. The van der Waals surface area contributed by atoms with Gasteiger partial charge in [0.05, 0.1) is 11.3 Å². The second-order valence-electron chi connectivity index (χ2n) is 4.45. The molecule has 1 heterocycles. The van der Waals surface area contributed by atoms with E-state index >= 15 is 0 Å². The van der Waals surface area contributed by atoms with Gasteiger partial charge in [-0.05, 0) is 30.3 Å². The zero-order valence-corrected chi connectivity index (χ0v) is 11.7. The number of benzene rings is 2. The molecule has 0 saturated carbocycles. The fourth-order valence-corrected chi connectivity index (χ4v) is 2.17. The van der Waals surface area contributed by atoms with Crippen LogP contribution in [0.2, 0.25) is 5.02 Å². The quantitative estimate of drug-likeness (QED) is 0.645. The van der Waals surface area contributed by atoms with E-state index in [1.54, 1.807) is 30.3 Å². The molecular formula is C15H10ClNO4. The number of esters is 1. The molecule has 0 aromatic heterocycles. The van der Waals surface area contributed by atoms with Crippen molar-refractivity contribution >= 4 is 29.2 Å². The first-order valence-electron chi connectivity index (χ1n) is 6.14. The summed E-state index contributed by atoms with van der Waals surface area (Å²) < 4.78 is 10.7. The molecule has 0 radical (unpaired) electrons. The number of carbonyl (C=O) groups excluding carboxylic acids is 2. The van der Waals surface area contributed by atoms with Crippen LogP contribution in [-0.4, -0.2) is 11.9 Å². The fourth-order valence-electron chi connectivity index (χ4n) is 2.00. The summed E-state index contributed by atoms with van der Waals surface area (Å²) in [6.07, 6.45) is 0. The summed E-state index contributed by atoms with van der Waals surface area (Å²) in [4.78, 5) is 23.1.